The van der Waals surface area contributed by atoms with E-state index in [9.17, 15) is 22.8 Å². The van der Waals surface area contributed by atoms with E-state index in [2.05, 4.69) is 15.3 Å². The Kier molecular flexibility index (Phi) is 12.1. The number of amides is 2. The number of primary amides is 1. The molecule has 5 rings (SSSR count). The van der Waals surface area contributed by atoms with Crippen molar-refractivity contribution in [3.8, 4) is 22.9 Å². The third kappa shape index (κ3) is 10.1. The summed E-state index contributed by atoms with van der Waals surface area (Å²) < 4.78 is 46.6. The minimum absolute atomic E-state index is 0.103. The molecule has 0 saturated carbocycles. The lowest BCUT2D eigenvalue weighted by Gasteiger charge is -2.10. The van der Waals surface area contributed by atoms with Gasteiger partial charge in [0.05, 0.1) is 26.6 Å². The minimum Gasteiger partial charge on any atom is -0.457 e. The molecule has 0 saturated heterocycles. The van der Waals surface area contributed by atoms with Gasteiger partial charge in [-0.1, -0.05) is 54.4 Å². The first-order chi connectivity index (χ1) is 23.2. The van der Waals surface area contributed by atoms with Gasteiger partial charge in [-0.15, -0.1) is 0 Å². The van der Waals surface area contributed by atoms with Crippen molar-refractivity contribution in [3.63, 3.8) is 0 Å². The van der Waals surface area contributed by atoms with E-state index in [1.54, 1.807) is 53.1 Å². The predicted octanol–water partition coefficient (Wildman–Crippen LogP) is 6.91. The number of fused-ring (bicyclic) bond motifs is 1. The van der Waals surface area contributed by atoms with Crippen LogP contribution in [0.1, 0.15) is 34.8 Å². The van der Waals surface area contributed by atoms with Gasteiger partial charge >= 0.3 is 6.18 Å². The maximum absolute atomic E-state index is 13.0. The molecular formula is C34H32Cl2F3N7O3. The highest BCUT2D eigenvalue weighted by molar-refractivity contribution is 6.42. The number of hydrogen-bond acceptors (Lipinski definition) is 5. The molecule has 15 heteroatoms. The molecule has 0 unspecified atom stereocenters. The van der Waals surface area contributed by atoms with E-state index in [1.165, 1.54) is 24.3 Å². The highest BCUT2D eigenvalue weighted by atomic mass is 35.5. The van der Waals surface area contributed by atoms with Crippen LogP contribution in [0.3, 0.4) is 0 Å². The monoisotopic (exact) mass is 713 g/mol. The molecule has 0 atom stereocenters. The number of imidazole rings is 1. The van der Waals surface area contributed by atoms with Gasteiger partial charge in [-0.05, 0) is 66.6 Å². The average Bonchev–Trinajstić information content (AvgIpc) is 3.41. The predicted molar refractivity (Wildman–Crippen MR) is 184 cm³/mol. The molecule has 49 heavy (non-hydrogen) atoms. The molecule has 0 radical (unpaired) electrons. The smallest absolute Gasteiger partial charge is 0.416 e. The van der Waals surface area contributed by atoms with Gasteiger partial charge in [-0.3, -0.25) is 14.6 Å². The molecule has 256 valence electrons. The number of aliphatic imine (C=N–C) groups is 1. The van der Waals surface area contributed by atoms with Crippen molar-refractivity contribution in [1.29, 1.82) is 0 Å². The van der Waals surface area contributed by atoms with Crippen LogP contribution in [-0.2, 0) is 24.1 Å². The number of guanidine groups is 1. The molecule has 4 aromatic carbocycles. The molecule has 0 aliphatic heterocycles. The fourth-order valence-electron chi connectivity index (χ4n) is 4.57. The largest absolute Gasteiger partial charge is 0.457 e. The fraction of sp³-hybridized carbons (Fsp3) is 0.176. The SMILES string of the molecule is CCCN=C(N)N.NC(=O)Cn1c(-c2cccc(Oc3ccc(Cl)c(Cl)c3)c2)nc2cc(C(=O)NCc3cccc(C(F)(F)F)c3)ccc21. The Bertz CT molecular complexity index is 1990. The third-order valence-electron chi connectivity index (χ3n) is 6.77. The van der Waals surface area contributed by atoms with Crippen molar-refractivity contribution in [2.24, 2.45) is 22.2 Å². The zero-order valence-corrected chi connectivity index (χ0v) is 27.6. The van der Waals surface area contributed by atoms with Crippen LogP contribution < -0.4 is 27.3 Å². The van der Waals surface area contributed by atoms with Crippen molar-refractivity contribution >= 4 is 52.0 Å². The highest BCUT2D eigenvalue weighted by Crippen LogP contribution is 2.33. The van der Waals surface area contributed by atoms with Gasteiger partial charge in [-0.25, -0.2) is 4.98 Å². The second-order valence-corrected chi connectivity index (χ2v) is 11.4. The molecular weight excluding hydrogens is 682 g/mol. The Balaban J connectivity index is 0.000000698. The number of alkyl halides is 3. The summed E-state index contributed by atoms with van der Waals surface area (Å²) in [7, 11) is 0. The van der Waals surface area contributed by atoms with E-state index >= 15 is 0 Å². The standard InChI is InChI=1S/C30H21Cl2F3N4O3.C4H11N3/c31-23-9-8-22(14-24(23)32)42-21-6-2-4-18(12-21)28-38-25-13-19(7-10-26(25)39(28)16-27(36)40)29(41)37-15-17-3-1-5-20(11-17)30(33,34)35;1-2-3-7-4(5)6/h1-14H,15-16H2,(H2,36,40)(H,37,41);2-3H2,1H3,(H4,5,6,7). The number of nitrogens with zero attached hydrogens (tertiary/aromatic N) is 3. The van der Waals surface area contributed by atoms with Crippen molar-refractivity contribution in [2.45, 2.75) is 32.6 Å². The van der Waals surface area contributed by atoms with Gasteiger partial charge in [0.15, 0.2) is 5.96 Å². The average molecular weight is 715 g/mol. The van der Waals surface area contributed by atoms with E-state index in [0.717, 1.165) is 25.1 Å². The Labute approximate surface area is 289 Å². The zero-order chi connectivity index (χ0) is 35.7. The summed E-state index contributed by atoms with van der Waals surface area (Å²) in [5.74, 6) is 0.428. The quantitative estimate of drug-likeness (QED) is 0.0908. The third-order valence-corrected chi connectivity index (χ3v) is 7.51. The van der Waals surface area contributed by atoms with Crippen molar-refractivity contribution in [2.75, 3.05) is 6.54 Å². The first-order valence-electron chi connectivity index (χ1n) is 14.8. The molecule has 0 bridgehead atoms. The number of nitrogens with one attached hydrogen (secondary N) is 1. The highest BCUT2D eigenvalue weighted by Gasteiger charge is 2.30. The fourth-order valence-corrected chi connectivity index (χ4v) is 4.85. The molecule has 0 fully saturated rings. The van der Waals surface area contributed by atoms with E-state index in [4.69, 9.17) is 45.1 Å². The summed E-state index contributed by atoms with van der Waals surface area (Å²) in [4.78, 5) is 33.2. The minimum atomic E-state index is -4.48. The number of hydrogen-bond donors (Lipinski definition) is 4. The van der Waals surface area contributed by atoms with Crippen LogP contribution in [0.2, 0.25) is 10.0 Å². The van der Waals surface area contributed by atoms with Crippen LogP contribution in [0.4, 0.5) is 13.2 Å². The second-order valence-electron chi connectivity index (χ2n) is 10.6. The van der Waals surface area contributed by atoms with Gasteiger partial charge in [0, 0.05) is 30.3 Å². The summed E-state index contributed by atoms with van der Waals surface area (Å²) in [6.07, 6.45) is -3.49. The number of ether oxygens (including phenoxy) is 1. The maximum Gasteiger partial charge on any atom is 0.416 e. The first-order valence-corrected chi connectivity index (χ1v) is 15.5. The topological polar surface area (TPSA) is 164 Å². The van der Waals surface area contributed by atoms with Crippen LogP contribution >= 0.6 is 23.2 Å². The maximum atomic E-state index is 13.0. The number of carbonyl (C=O) groups is 2. The van der Waals surface area contributed by atoms with Crippen LogP contribution in [0.15, 0.2) is 89.9 Å². The number of nitrogens with two attached hydrogens (primary N) is 3. The molecule has 2 amide bonds. The molecule has 5 aromatic rings. The lowest BCUT2D eigenvalue weighted by Crippen LogP contribution is -2.23. The number of aromatic nitrogens is 2. The van der Waals surface area contributed by atoms with Gasteiger partial charge in [-0.2, -0.15) is 13.2 Å². The number of carbonyl (C=O) groups excluding carboxylic acids is 2. The molecule has 0 aliphatic rings. The Morgan fingerprint density at radius 3 is 2.31 bits per heavy atom. The molecule has 7 N–H and O–H groups in total. The number of benzene rings is 4. The van der Waals surface area contributed by atoms with E-state index < -0.39 is 23.6 Å². The Morgan fingerprint density at radius 2 is 1.65 bits per heavy atom. The van der Waals surface area contributed by atoms with E-state index in [0.29, 0.717) is 49.5 Å². The second kappa shape index (κ2) is 16.2. The van der Waals surface area contributed by atoms with Gasteiger partial charge < -0.3 is 31.8 Å². The summed E-state index contributed by atoms with van der Waals surface area (Å²) in [5.41, 5.74) is 16.8. The summed E-state index contributed by atoms with van der Waals surface area (Å²) in [5, 5.41) is 3.36. The molecule has 0 spiro atoms. The first kappa shape index (κ1) is 36.6. The lowest BCUT2D eigenvalue weighted by molar-refractivity contribution is -0.137. The van der Waals surface area contributed by atoms with Gasteiger partial charge in [0.2, 0.25) is 5.91 Å². The number of halogens is 5. The molecule has 1 heterocycles. The summed E-state index contributed by atoms with van der Waals surface area (Å²) >= 11 is 12.1. The van der Waals surface area contributed by atoms with Crippen molar-refractivity contribution in [1.82, 2.24) is 14.9 Å². The lowest BCUT2D eigenvalue weighted by atomic mass is 10.1. The molecule has 10 nitrogen and oxygen atoms in total. The number of rotatable bonds is 10. The van der Waals surface area contributed by atoms with Crippen LogP contribution in [0.25, 0.3) is 22.4 Å². The summed E-state index contributed by atoms with van der Waals surface area (Å²) in [6.45, 7) is 2.48. The van der Waals surface area contributed by atoms with Crippen LogP contribution in [0.5, 0.6) is 11.5 Å². The van der Waals surface area contributed by atoms with Gasteiger partial charge in [0.1, 0.15) is 23.9 Å². The van der Waals surface area contributed by atoms with E-state index in [1.807, 2.05) is 6.92 Å². The zero-order valence-electron chi connectivity index (χ0n) is 26.1. The normalized spacial score (nSPS) is 11.0. The Hall–Kier alpha value is -5.27. The van der Waals surface area contributed by atoms with Gasteiger partial charge in [0.25, 0.3) is 5.91 Å². The van der Waals surface area contributed by atoms with Crippen LogP contribution in [-0.4, -0.2) is 33.9 Å². The molecule has 0 aliphatic carbocycles. The Morgan fingerprint density at radius 1 is 0.918 bits per heavy atom. The van der Waals surface area contributed by atoms with Crippen LogP contribution in [0, 0.1) is 0 Å². The van der Waals surface area contributed by atoms with Crippen molar-refractivity contribution < 1.29 is 27.5 Å². The van der Waals surface area contributed by atoms with Crippen molar-refractivity contribution in [3.05, 3.63) is 112 Å². The van der Waals surface area contributed by atoms with E-state index in [-0.39, 0.29) is 24.6 Å². The molecule has 1 aromatic heterocycles. The summed E-state index contributed by atoms with van der Waals surface area (Å²) in [6, 6.07) is 21.3.